The van der Waals surface area contributed by atoms with E-state index in [1.807, 2.05) is 61.5 Å². The van der Waals surface area contributed by atoms with Gasteiger partial charge in [0, 0.05) is 36.3 Å². The van der Waals surface area contributed by atoms with Crippen molar-refractivity contribution < 1.29 is 14.3 Å². The van der Waals surface area contributed by atoms with E-state index >= 15 is 0 Å². The summed E-state index contributed by atoms with van der Waals surface area (Å²) in [5, 5.41) is 1.88. The van der Waals surface area contributed by atoms with Crippen molar-refractivity contribution in [3.63, 3.8) is 0 Å². The smallest absolute Gasteiger partial charge is 0.196 e. The molecule has 2 aromatic carbocycles. The Hall–Kier alpha value is -2.57. The molecule has 2 heterocycles. The lowest BCUT2D eigenvalue weighted by molar-refractivity contribution is 0.104. The summed E-state index contributed by atoms with van der Waals surface area (Å²) in [6.07, 6.45) is 3.92. The Bertz CT molecular complexity index is 1040. The first kappa shape index (κ1) is 21.7. The molecule has 0 saturated carbocycles. The molecule has 0 radical (unpaired) electrons. The van der Waals surface area contributed by atoms with Gasteiger partial charge >= 0.3 is 0 Å². The number of rotatable bonds is 8. The van der Waals surface area contributed by atoms with E-state index in [-0.39, 0.29) is 5.78 Å². The van der Waals surface area contributed by atoms with Crippen molar-refractivity contribution >= 4 is 32.2 Å². The van der Waals surface area contributed by atoms with Crippen molar-refractivity contribution in [3.8, 4) is 11.5 Å². The van der Waals surface area contributed by atoms with Crippen molar-refractivity contribution in [2.24, 2.45) is 0 Å². The molecule has 164 valence electrons. The Morgan fingerprint density at radius 3 is 2.42 bits per heavy atom. The van der Waals surface area contributed by atoms with Gasteiger partial charge in [0.25, 0.3) is 0 Å². The molecule has 31 heavy (non-hydrogen) atoms. The molecule has 1 aliphatic heterocycles. The lowest BCUT2D eigenvalue weighted by Gasteiger charge is -2.26. The molecule has 6 heteroatoms. The first-order valence-electron chi connectivity index (χ1n) is 10.8. The van der Waals surface area contributed by atoms with Crippen LogP contribution in [0.25, 0.3) is 10.1 Å². The normalized spacial score (nSPS) is 14.5. The summed E-state index contributed by atoms with van der Waals surface area (Å²) in [6, 6.07) is 13.4. The van der Waals surface area contributed by atoms with Gasteiger partial charge in [-0.2, -0.15) is 0 Å². The van der Waals surface area contributed by atoms with Crippen molar-refractivity contribution in [1.82, 2.24) is 4.90 Å². The van der Waals surface area contributed by atoms with E-state index in [1.165, 1.54) is 32.4 Å². The second kappa shape index (κ2) is 9.71. The average Bonchev–Trinajstić information content (AvgIpc) is 3.19. The van der Waals surface area contributed by atoms with Crippen molar-refractivity contribution in [1.29, 1.82) is 0 Å². The number of ether oxygens (including phenoxy) is 2. The SMILES string of the molecule is COc1ccc2sc(N(C)C)c(C(=O)c3ccc(OCCN4CCCCC4)cc3)c2c1. The van der Waals surface area contributed by atoms with Crippen LogP contribution in [0.5, 0.6) is 11.5 Å². The van der Waals surface area contributed by atoms with Gasteiger partial charge in [0.2, 0.25) is 0 Å². The molecule has 1 saturated heterocycles. The molecule has 0 bridgehead atoms. The summed E-state index contributed by atoms with van der Waals surface area (Å²) in [6.45, 7) is 3.97. The molecule has 1 aliphatic rings. The summed E-state index contributed by atoms with van der Waals surface area (Å²) in [5.74, 6) is 1.57. The molecule has 1 aromatic heterocycles. The first-order valence-corrected chi connectivity index (χ1v) is 11.7. The molecule has 0 unspecified atom stereocenters. The second-order valence-corrected chi connectivity index (χ2v) is 9.17. The maximum absolute atomic E-state index is 13.5. The average molecular weight is 439 g/mol. The van der Waals surface area contributed by atoms with Crippen LogP contribution in [0.1, 0.15) is 35.2 Å². The van der Waals surface area contributed by atoms with Crippen LogP contribution in [0.2, 0.25) is 0 Å². The van der Waals surface area contributed by atoms with Gasteiger partial charge in [0.1, 0.15) is 23.1 Å². The van der Waals surface area contributed by atoms with E-state index in [4.69, 9.17) is 9.47 Å². The van der Waals surface area contributed by atoms with Gasteiger partial charge in [0.15, 0.2) is 5.78 Å². The van der Waals surface area contributed by atoms with Crippen molar-refractivity contribution in [2.75, 3.05) is 52.3 Å². The highest BCUT2D eigenvalue weighted by Crippen LogP contribution is 2.40. The molecule has 1 fully saturated rings. The summed E-state index contributed by atoms with van der Waals surface area (Å²) in [4.78, 5) is 17.9. The standard InChI is InChI=1S/C25H30N2O3S/c1-26(2)25-23(21-17-20(29-3)11-12-22(21)31-25)24(28)18-7-9-19(10-8-18)30-16-15-27-13-5-4-6-14-27/h7-12,17H,4-6,13-16H2,1-3H3. The maximum Gasteiger partial charge on any atom is 0.196 e. The minimum absolute atomic E-state index is 0.0167. The van der Waals surface area contributed by atoms with E-state index < -0.39 is 0 Å². The highest BCUT2D eigenvalue weighted by molar-refractivity contribution is 7.23. The number of hydrogen-bond donors (Lipinski definition) is 0. The molecule has 3 aromatic rings. The van der Waals surface area contributed by atoms with Crippen molar-refractivity contribution in [3.05, 3.63) is 53.6 Å². The van der Waals surface area contributed by atoms with E-state index in [0.717, 1.165) is 38.7 Å². The number of ketones is 1. The summed E-state index contributed by atoms with van der Waals surface area (Å²) in [5.41, 5.74) is 1.39. The molecule has 0 aliphatic carbocycles. The molecule has 5 nitrogen and oxygen atoms in total. The summed E-state index contributed by atoms with van der Waals surface area (Å²) >= 11 is 1.62. The quantitative estimate of drug-likeness (QED) is 0.459. The maximum atomic E-state index is 13.5. The van der Waals surface area contributed by atoms with Crippen LogP contribution in [-0.4, -0.2) is 58.1 Å². The Labute approximate surface area is 188 Å². The third-order valence-electron chi connectivity index (χ3n) is 5.75. The van der Waals surface area contributed by atoms with E-state index in [9.17, 15) is 4.79 Å². The van der Waals surface area contributed by atoms with Gasteiger partial charge < -0.3 is 14.4 Å². The monoisotopic (exact) mass is 438 g/mol. The number of hydrogen-bond acceptors (Lipinski definition) is 6. The number of benzene rings is 2. The summed E-state index contributed by atoms with van der Waals surface area (Å²) < 4.78 is 12.4. The van der Waals surface area contributed by atoms with E-state index in [0.29, 0.717) is 12.2 Å². The number of anilines is 1. The molecule has 0 N–H and O–H groups in total. The zero-order chi connectivity index (χ0) is 21.8. The minimum atomic E-state index is 0.0167. The van der Waals surface area contributed by atoms with Gasteiger partial charge in [-0.15, -0.1) is 11.3 Å². The molecule has 0 amide bonds. The van der Waals surface area contributed by atoms with Gasteiger partial charge in [-0.1, -0.05) is 6.42 Å². The lowest BCUT2D eigenvalue weighted by atomic mass is 10.0. The zero-order valence-electron chi connectivity index (χ0n) is 18.5. The van der Waals surface area contributed by atoms with Crippen LogP contribution in [-0.2, 0) is 0 Å². The second-order valence-electron chi connectivity index (χ2n) is 8.14. The number of piperidine rings is 1. The third-order valence-corrected chi connectivity index (χ3v) is 7.09. The summed E-state index contributed by atoms with van der Waals surface area (Å²) in [7, 11) is 5.59. The topological polar surface area (TPSA) is 42.0 Å². The molecule has 0 spiro atoms. The molecular formula is C25H30N2O3S. The molecule has 0 atom stereocenters. The lowest BCUT2D eigenvalue weighted by Crippen LogP contribution is -2.33. The van der Waals surface area contributed by atoms with Gasteiger partial charge in [0.05, 0.1) is 12.7 Å². The first-order chi connectivity index (χ1) is 15.1. The fourth-order valence-electron chi connectivity index (χ4n) is 4.05. The van der Waals surface area contributed by atoms with Crippen LogP contribution < -0.4 is 14.4 Å². The van der Waals surface area contributed by atoms with Gasteiger partial charge in [-0.05, 0) is 68.4 Å². The van der Waals surface area contributed by atoms with Crippen molar-refractivity contribution in [2.45, 2.75) is 19.3 Å². The van der Waals surface area contributed by atoms with Crippen LogP contribution in [0.4, 0.5) is 5.00 Å². The van der Waals surface area contributed by atoms with E-state index in [2.05, 4.69) is 4.90 Å². The number of likely N-dealkylation sites (tertiary alicyclic amines) is 1. The Balaban J connectivity index is 1.51. The van der Waals surface area contributed by atoms with E-state index in [1.54, 1.807) is 18.4 Å². The van der Waals surface area contributed by atoms with Crippen LogP contribution in [0.15, 0.2) is 42.5 Å². The number of methoxy groups -OCH3 is 1. The number of carbonyl (C=O) groups excluding carboxylic acids is 1. The number of thiophene rings is 1. The largest absolute Gasteiger partial charge is 0.497 e. The van der Waals surface area contributed by atoms with Crippen LogP contribution in [0.3, 0.4) is 0 Å². The van der Waals surface area contributed by atoms with Crippen LogP contribution in [0, 0.1) is 0 Å². The Morgan fingerprint density at radius 1 is 1.03 bits per heavy atom. The van der Waals surface area contributed by atoms with Gasteiger partial charge in [-0.3, -0.25) is 9.69 Å². The number of nitrogens with zero attached hydrogens (tertiary/aromatic N) is 2. The number of carbonyl (C=O) groups is 1. The predicted octanol–water partition coefficient (Wildman–Crippen LogP) is 5.07. The highest BCUT2D eigenvalue weighted by Gasteiger charge is 2.22. The highest BCUT2D eigenvalue weighted by atomic mass is 32.1. The fraction of sp³-hybridized carbons (Fsp3) is 0.400. The minimum Gasteiger partial charge on any atom is -0.497 e. The number of fused-ring (bicyclic) bond motifs is 1. The van der Waals surface area contributed by atoms with Crippen LogP contribution >= 0.6 is 11.3 Å². The fourth-order valence-corrected chi connectivity index (χ4v) is 5.15. The zero-order valence-corrected chi connectivity index (χ0v) is 19.3. The molecule has 4 rings (SSSR count). The third kappa shape index (κ3) is 4.86. The molecular weight excluding hydrogens is 408 g/mol. The Morgan fingerprint density at radius 2 is 1.74 bits per heavy atom. The predicted molar refractivity (Wildman–Crippen MR) is 128 cm³/mol. The Kier molecular flexibility index (Phi) is 6.78. The van der Waals surface area contributed by atoms with Gasteiger partial charge in [-0.25, -0.2) is 0 Å².